The summed E-state index contributed by atoms with van der Waals surface area (Å²) < 4.78 is 42.7. The number of ether oxygens (including phenoxy) is 1. The number of nitrogens with zero attached hydrogens (tertiary/aromatic N) is 5. The highest BCUT2D eigenvalue weighted by Gasteiger charge is 2.46. The molecule has 0 spiro atoms. The van der Waals surface area contributed by atoms with Crippen molar-refractivity contribution in [3.8, 4) is 22.8 Å². The lowest BCUT2D eigenvalue weighted by molar-refractivity contribution is -0.274. The van der Waals surface area contributed by atoms with Gasteiger partial charge in [-0.2, -0.15) is 4.99 Å². The third kappa shape index (κ3) is 6.38. The van der Waals surface area contributed by atoms with E-state index in [4.69, 9.17) is 0 Å². The first-order valence-electron chi connectivity index (χ1n) is 13.9. The average Bonchev–Trinajstić information content (AvgIpc) is 3.36. The fraction of sp³-hybridized carbons (Fsp3) is 0.290. The molecule has 2 amide bonds. The van der Waals surface area contributed by atoms with Crippen LogP contribution in [0.25, 0.3) is 17.1 Å². The Bertz CT molecular complexity index is 1650. The number of hydrogen-bond acceptors (Lipinski definition) is 5. The Labute approximate surface area is 251 Å². The van der Waals surface area contributed by atoms with Crippen LogP contribution in [-0.2, 0) is 5.54 Å². The zero-order valence-electron chi connectivity index (χ0n) is 23.5. The Morgan fingerprint density at radius 2 is 1.77 bits per heavy atom. The largest absolute Gasteiger partial charge is 0.573 e. The highest BCUT2D eigenvalue weighted by molar-refractivity contribution is 8.14. The number of aliphatic imine (C=N–C) groups is 1. The number of benzene rings is 3. The quantitative estimate of drug-likeness (QED) is 0.238. The van der Waals surface area contributed by atoms with Crippen LogP contribution in [0.3, 0.4) is 0 Å². The molecule has 2 heterocycles. The van der Waals surface area contributed by atoms with Crippen molar-refractivity contribution in [2.24, 2.45) is 4.99 Å². The number of nitrogens with one attached hydrogen (secondary N) is 1. The number of aromatic nitrogens is 3. The van der Waals surface area contributed by atoms with Crippen LogP contribution in [0.4, 0.5) is 23.7 Å². The standard InChI is InChI=1S/C31H29F3N6O2S/c1-20(2)25-5-3-4-6-26(25)39-17-18-43-29(39)36-28(41)37-30(15-16-30)22-9-7-21(8-10-22)27-35-19-40(38-27)23-11-13-24(14-12-23)42-31(32,33)34/h3-14,19-20H,15-18H2,1-2H3,(H,37,41). The van der Waals surface area contributed by atoms with Gasteiger partial charge in [0.15, 0.2) is 11.0 Å². The second kappa shape index (κ2) is 11.4. The van der Waals surface area contributed by atoms with E-state index in [2.05, 4.69) is 56.0 Å². The van der Waals surface area contributed by atoms with Gasteiger partial charge in [0.1, 0.15) is 12.1 Å². The van der Waals surface area contributed by atoms with Crippen LogP contribution in [-0.4, -0.2) is 44.6 Å². The highest BCUT2D eigenvalue weighted by atomic mass is 32.2. The summed E-state index contributed by atoms with van der Waals surface area (Å²) in [7, 11) is 0. The van der Waals surface area contributed by atoms with E-state index < -0.39 is 11.9 Å². The lowest BCUT2D eigenvalue weighted by atomic mass is 10.0. The van der Waals surface area contributed by atoms with Gasteiger partial charge in [-0.25, -0.2) is 14.5 Å². The molecule has 2 aliphatic rings. The van der Waals surface area contributed by atoms with E-state index in [-0.39, 0.29) is 11.8 Å². The van der Waals surface area contributed by atoms with Crippen LogP contribution in [0.1, 0.15) is 43.7 Å². The summed E-state index contributed by atoms with van der Waals surface area (Å²) in [5.74, 6) is 1.37. The van der Waals surface area contributed by atoms with E-state index in [9.17, 15) is 18.0 Å². The molecular formula is C31H29F3N6O2S. The fourth-order valence-corrected chi connectivity index (χ4v) is 6.08. The van der Waals surface area contributed by atoms with Gasteiger partial charge in [0.05, 0.1) is 11.2 Å². The minimum absolute atomic E-state index is 0.310. The lowest BCUT2D eigenvalue weighted by Crippen LogP contribution is -2.34. The maximum atomic E-state index is 13.1. The van der Waals surface area contributed by atoms with Crippen molar-refractivity contribution >= 4 is 28.6 Å². The third-order valence-electron chi connectivity index (χ3n) is 7.44. The number of carbonyl (C=O) groups is 1. The molecule has 1 aromatic heterocycles. The molecule has 6 rings (SSSR count). The maximum Gasteiger partial charge on any atom is 0.573 e. The number of amidine groups is 1. The van der Waals surface area contributed by atoms with Crippen molar-refractivity contribution in [1.82, 2.24) is 20.1 Å². The van der Waals surface area contributed by atoms with Crippen molar-refractivity contribution in [3.63, 3.8) is 0 Å². The van der Waals surface area contributed by atoms with Gasteiger partial charge in [0, 0.05) is 23.5 Å². The molecule has 1 aliphatic carbocycles. The average molecular weight is 607 g/mol. The molecule has 0 unspecified atom stereocenters. The zero-order chi connectivity index (χ0) is 30.2. The Hall–Kier alpha value is -4.32. The molecule has 8 nitrogen and oxygen atoms in total. The van der Waals surface area contributed by atoms with Crippen LogP contribution in [0.2, 0.25) is 0 Å². The lowest BCUT2D eigenvalue weighted by Gasteiger charge is -2.23. The molecule has 0 radical (unpaired) electrons. The molecule has 1 saturated heterocycles. The van der Waals surface area contributed by atoms with Gasteiger partial charge in [0.2, 0.25) is 0 Å². The number of hydrogen-bond donors (Lipinski definition) is 1. The minimum atomic E-state index is -4.75. The molecule has 3 aromatic carbocycles. The summed E-state index contributed by atoms with van der Waals surface area (Å²) in [6.07, 6.45) is -1.62. The zero-order valence-corrected chi connectivity index (χ0v) is 24.3. The second-order valence-electron chi connectivity index (χ2n) is 10.8. The van der Waals surface area contributed by atoms with Crippen LogP contribution < -0.4 is 15.0 Å². The third-order valence-corrected chi connectivity index (χ3v) is 8.40. The molecule has 4 aromatic rings. The molecule has 1 saturated carbocycles. The molecule has 2 fully saturated rings. The van der Waals surface area contributed by atoms with E-state index in [1.165, 1.54) is 40.8 Å². The highest BCUT2D eigenvalue weighted by Crippen LogP contribution is 2.46. The van der Waals surface area contributed by atoms with E-state index in [1.807, 2.05) is 36.4 Å². The Morgan fingerprint density at radius 3 is 2.44 bits per heavy atom. The number of halogens is 3. The molecule has 0 atom stereocenters. The fourth-order valence-electron chi connectivity index (χ4n) is 5.13. The van der Waals surface area contributed by atoms with Gasteiger partial charge in [-0.05, 0) is 60.2 Å². The number of rotatable bonds is 7. The molecule has 1 N–H and O–H groups in total. The van der Waals surface area contributed by atoms with Crippen molar-refractivity contribution < 1.29 is 22.7 Å². The van der Waals surface area contributed by atoms with Gasteiger partial charge in [-0.3, -0.25) is 0 Å². The van der Waals surface area contributed by atoms with Crippen LogP contribution in [0, 0.1) is 0 Å². The first kappa shape index (κ1) is 28.8. The number of thioether (sulfide) groups is 1. The topological polar surface area (TPSA) is 84.6 Å². The number of anilines is 1. The van der Waals surface area contributed by atoms with Crippen molar-refractivity contribution in [2.75, 3.05) is 17.2 Å². The van der Waals surface area contributed by atoms with Gasteiger partial charge in [-0.1, -0.05) is 68.1 Å². The first-order chi connectivity index (χ1) is 20.6. The molecular weight excluding hydrogens is 577 g/mol. The van der Waals surface area contributed by atoms with E-state index in [1.54, 1.807) is 11.8 Å². The van der Waals surface area contributed by atoms with E-state index >= 15 is 0 Å². The van der Waals surface area contributed by atoms with Gasteiger partial charge >= 0.3 is 12.4 Å². The molecule has 222 valence electrons. The Balaban J connectivity index is 1.13. The SMILES string of the molecule is CC(C)c1ccccc1N1CCSC1=NC(=O)NC1(c2ccc(-c3ncn(-c4ccc(OC(F)(F)F)cc4)n3)cc2)CC1. The van der Waals surface area contributed by atoms with Crippen LogP contribution in [0.15, 0.2) is 84.1 Å². The molecule has 1 aliphatic heterocycles. The molecule has 12 heteroatoms. The summed E-state index contributed by atoms with van der Waals surface area (Å²) in [6, 6.07) is 21.0. The maximum absolute atomic E-state index is 13.1. The number of urea groups is 1. The summed E-state index contributed by atoms with van der Waals surface area (Å²) in [4.78, 5) is 24.1. The van der Waals surface area contributed by atoms with Crippen molar-refractivity contribution in [3.05, 3.63) is 90.3 Å². The van der Waals surface area contributed by atoms with Crippen molar-refractivity contribution in [1.29, 1.82) is 0 Å². The van der Waals surface area contributed by atoms with E-state index in [0.717, 1.165) is 42.0 Å². The molecule has 0 bridgehead atoms. The first-order valence-corrected chi connectivity index (χ1v) is 14.9. The molecule has 43 heavy (non-hydrogen) atoms. The normalized spacial score (nSPS) is 17.0. The van der Waals surface area contributed by atoms with Crippen LogP contribution in [0.5, 0.6) is 5.75 Å². The summed E-state index contributed by atoms with van der Waals surface area (Å²) >= 11 is 1.59. The van der Waals surface area contributed by atoms with Crippen molar-refractivity contribution in [2.45, 2.75) is 44.5 Å². The second-order valence-corrected chi connectivity index (χ2v) is 11.8. The summed E-state index contributed by atoms with van der Waals surface area (Å²) in [6.45, 7) is 5.12. The minimum Gasteiger partial charge on any atom is -0.406 e. The summed E-state index contributed by atoms with van der Waals surface area (Å²) in [5.41, 5.74) is 4.14. The monoisotopic (exact) mass is 606 g/mol. The van der Waals surface area contributed by atoms with Gasteiger partial charge in [-0.15, -0.1) is 18.3 Å². The van der Waals surface area contributed by atoms with Crippen LogP contribution >= 0.6 is 11.8 Å². The predicted octanol–water partition coefficient (Wildman–Crippen LogP) is 7.26. The summed E-state index contributed by atoms with van der Waals surface area (Å²) in [5, 5.41) is 8.32. The number of carbonyl (C=O) groups excluding carboxylic acids is 1. The smallest absolute Gasteiger partial charge is 0.406 e. The van der Waals surface area contributed by atoms with E-state index in [0.29, 0.717) is 22.6 Å². The van der Waals surface area contributed by atoms with Gasteiger partial charge < -0.3 is 15.0 Å². The Morgan fingerprint density at radius 1 is 1.05 bits per heavy atom. The Kier molecular flexibility index (Phi) is 7.63. The predicted molar refractivity (Wildman–Crippen MR) is 161 cm³/mol. The number of alkyl halides is 3. The number of amides is 2. The number of para-hydroxylation sites is 1. The van der Waals surface area contributed by atoms with Gasteiger partial charge in [0.25, 0.3) is 0 Å².